The highest BCUT2D eigenvalue weighted by Gasteiger charge is 2.27. The summed E-state index contributed by atoms with van der Waals surface area (Å²) < 4.78 is 0. The molecule has 20 heavy (non-hydrogen) atoms. The van der Waals surface area contributed by atoms with Crippen LogP contribution in [0.15, 0.2) is 48.5 Å². The molecule has 2 aromatic rings. The van der Waals surface area contributed by atoms with E-state index in [2.05, 4.69) is 29.6 Å². The molecule has 1 N–H and O–H groups in total. The van der Waals surface area contributed by atoms with Crippen LogP contribution in [0.5, 0.6) is 0 Å². The Bertz CT molecular complexity index is 633. The summed E-state index contributed by atoms with van der Waals surface area (Å²) in [5, 5.41) is 3.17. The van der Waals surface area contributed by atoms with Gasteiger partial charge in [0, 0.05) is 12.1 Å². The molecule has 0 heterocycles. The van der Waals surface area contributed by atoms with E-state index in [4.69, 9.17) is 0 Å². The first-order valence-electron chi connectivity index (χ1n) is 7.16. The van der Waals surface area contributed by atoms with Crippen LogP contribution in [0, 0.1) is 0 Å². The minimum Gasteiger partial charge on any atom is -0.319 e. The van der Waals surface area contributed by atoms with Gasteiger partial charge in [0.05, 0.1) is 5.92 Å². The van der Waals surface area contributed by atoms with Crippen molar-refractivity contribution in [2.24, 2.45) is 0 Å². The second-order valence-corrected chi connectivity index (χ2v) is 5.33. The van der Waals surface area contributed by atoms with Crippen LogP contribution >= 0.6 is 0 Å². The number of fused-ring (bicyclic) bond motifs is 2. The third-order valence-electron chi connectivity index (χ3n) is 4.10. The topological polar surface area (TPSA) is 29.1 Å². The van der Waals surface area contributed by atoms with E-state index in [1.807, 2.05) is 31.3 Å². The quantitative estimate of drug-likeness (QED) is 0.904. The van der Waals surface area contributed by atoms with E-state index in [9.17, 15) is 4.79 Å². The van der Waals surface area contributed by atoms with Crippen LogP contribution < -0.4 is 5.32 Å². The second-order valence-electron chi connectivity index (χ2n) is 5.33. The standard InChI is InChI=1S/C18H19NO/c1-19-12-17-15-8-4-2-6-13(15)10-11-14-7-3-5-9-16(14)18(17)20/h2-9,17,19H,10-12H2,1H3. The fourth-order valence-corrected chi connectivity index (χ4v) is 3.09. The second kappa shape index (κ2) is 5.59. The zero-order chi connectivity index (χ0) is 13.9. The average molecular weight is 265 g/mol. The van der Waals surface area contributed by atoms with E-state index in [1.165, 1.54) is 16.7 Å². The van der Waals surface area contributed by atoms with Gasteiger partial charge >= 0.3 is 0 Å². The first-order chi connectivity index (χ1) is 9.81. The van der Waals surface area contributed by atoms with Gasteiger partial charge < -0.3 is 5.32 Å². The molecule has 0 bridgehead atoms. The third-order valence-corrected chi connectivity index (χ3v) is 4.10. The summed E-state index contributed by atoms with van der Waals surface area (Å²) in [6.07, 6.45) is 1.94. The van der Waals surface area contributed by atoms with Gasteiger partial charge in [-0.1, -0.05) is 48.5 Å². The summed E-state index contributed by atoms with van der Waals surface area (Å²) in [4.78, 5) is 12.9. The van der Waals surface area contributed by atoms with Gasteiger partial charge in [-0.15, -0.1) is 0 Å². The lowest BCUT2D eigenvalue weighted by Gasteiger charge is -2.23. The normalized spacial score (nSPS) is 17.9. The first kappa shape index (κ1) is 13.1. The van der Waals surface area contributed by atoms with Crippen molar-refractivity contribution in [1.82, 2.24) is 5.32 Å². The fourth-order valence-electron chi connectivity index (χ4n) is 3.09. The number of aryl methyl sites for hydroxylation is 2. The van der Waals surface area contributed by atoms with Crippen LogP contribution in [0.4, 0.5) is 0 Å². The van der Waals surface area contributed by atoms with E-state index < -0.39 is 0 Å². The van der Waals surface area contributed by atoms with Crippen molar-refractivity contribution in [3.05, 3.63) is 70.8 Å². The van der Waals surface area contributed by atoms with Gasteiger partial charge in [0.25, 0.3) is 0 Å². The molecule has 1 unspecified atom stereocenters. The Kier molecular flexibility index (Phi) is 3.66. The van der Waals surface area contributed by atoms with E-state index in [0.717, 1.165) is 18.4 Å². The molecule has 0 saturated carbocycles. The molecule has 1 atom stereocenters. The molecular formula is C18H19NO. The van der Waals surface area contributed by atoms with Crippen molar-refractivity contribution in [2.75, 3.05) is 13.6 Å². The van der Waals surface area contributed by atoms with Gasteiger partial charge in [-0.3, -0.25) is 4.79 Å². The maximum absolute atomic E-state index is 12.9. The summed E-state index contributed by atoms with van der Waals surface area (Å²) in [5.41, 5.74) is 4.55. The Morgan fingerprint density at radius 2 is 1.65 bits per heavy atom. The van der Waals surface area contributed by atoms with E-state index in [0.29, 0.717) is 6.54 Å². The third kappa shape index (κ3) is 2.27. The zero-order valence-electron chi connectivity index (χ0n) is 11.7. The molecule has 0 radical (unpaired) electrons. The molecular weight excluding hydrogens is 246 g/mol. The molecule has 0 aliphatic heterocycles. The van der Waals surface area contributed by atoms with E-state index in [-0.39, 0.29) is 11.7 Å². The number of carbonyl (C=O) groups is 1. The minimum atomic E-state index is -0.0855. The summed E-state index contributed by atoms with van der Waals surface area (Å²) in [5.74, 6) is 0.153. The smallest absolute Gasteiger partial charge is 0.171 e. The van der Waals surface area contributed by atoms with E-state index >= 15 is 0 Å². The number of likely N-dealkylation sites (N-methyl/N-ethyl adjacent to an activating group) is 1. The molecule has 0 fully saturated rings. The lowest BCUT2D eigenvalue weighted by molar-refractivity contribution is 0.0957. The Balaban J connectivity index is 2.12. The highest BCUT2D eigenvalue weighted by molar-refractivity contribution is 6.02. The van der Waals surface area contributed by atoms with Crippen LogP contribution in [-0.2, 0) is 12.8 Å². The van der Waals surface area contributed by atoms with Crippen LogP contribution in [0.25, 0.3) is 0 Å². The Hall–Kier alpha value is -1.93. The van der Waals surface area contributed by atoms with Gasteiger partial charge in [-0.05, 0) is 36.6 Å². The predicted octanol–water partition coefficient (Wildman–Crippen LogP) is 2.97. The minimum absolute atomic E-state index is 0.0855. The zero-order valence-corrected chi connectivity index (χ0v) is 11.7. The molecule has 0 spiro atoms. The number of Topliss-reactive ketones (excluding diaryl/α,β-unsaturated/α-hetero) is 1. The SMILES string of the molecule is CNCC1C(=O)c2ccccc2CCc2ccccc21. The van der Waals surface area contributed by atoms with Crippen molar-refractivity contribution in [1.29, 1.82) is 0 Å². The Morgan fingerprint density at radius 1 is 1.00 bits per heavy atom. The molecule has 1 aliphatic rings. The number of benzene rings is 2. The first-order valence-corrected chi connectivity index (χ1v) is 7.16. The number of carbonyl (C=O) groups excluding carboxylic acids is 1. The summed E-state index contributed by atoms with van der Waals surface area (Å²) in [7, 11) is 1.90. The predicted molar refractivity (Wildman–Crippen MR) is 81.3 cm³/mol. The number of rotatable bonds is 2. The lowest BCUT2D eigenvalue weighted by atomic mass is 9.81. The molecule has 3 rings (SSSR count). The van der Waals surface area contributed by atoms with Crippen LogP contribution in [0.2, 0.25) is 0 Å². The van der Waals surface area contributed by atoms with Gasteiger partial charge in [0.2, 0.25) is 0 Å². The summed E-state index contributed by atoms with van der Waals surface area (Å²) >= 11 is 0. The molecule has 0 saturated heterocycles. The lowest BCUT2D eigenvalue weighted by Crippen LogP contribution is -2.27. The number of ketones is 1. The largest absolute Gasteiger partial charge is 0.319 e. The molecule has 2 nitrogen and oxygen atoms in total. The van der Waals surface area contributed by atoms with Gasteiger partial charge in [0.15, 0.2) is 5.78 Å². The highest BCUT2D eigenvalue weighted by Crippen LogP contribution is 2.29. The number of hydrogen-bond acceptors (Lipinski definition) is 2. The summed E-state index contributed by atoms with van der Waals surface area (Å²) in [6, 6.07) is 16.4. The molecule has 2 heteroatoms. The van der Waals surface area contributed by atoms with Gasteiger partial charge in [-0.25, -0.2) is 0 Å². The fraction of sp³-hybridized carbons (Fsp3) is 0.278. The van der Waals surface area contributed by atoms with Crippen molar-refractivity contribution < 1.29 is 4.79 Å². The van der Waals surface area contributed by atoms with Crippen LogP contribution in [0.3, 0.4) is 0 Å². The molecule has 0 amide bonds. The average Bonchev–Trinajstić information content (AvgIpc) is 2.49. The maximum Gasteiger partial charge on any atom is 0.171 e. The maximum atomic E-state index is 12.9. The van der Waals surface area contributed by atoms with Crippen LogP contribution in [0.1, 0.15) is 33.0 Å². The molecule has 0 aromatic heterocycles. The Morgan fingerprint density at radius 3 is 2.45 bits per heavy atom. The van der Waals surface area contributed by atoms with E-state index in [1.54, 1.807) is 0 Å². The van der Waals surface area contributed by atoms with Crippen molar-refractivity contribution in [3.63, 3.8) is 0 Å². The van der Waals surface area contributed by atoms with Crippen molar-refractivity contribution >= 4 is 5.78 Å². The molecule has 1 aliphatic carbocycles. The molecule has 2 aromatic carbocycles. The number of nitrogens with one attached hydrogen (secondary N) is 1. The monoisotopic (exact) mass is 265 g/mol. The van der Waals surface area contributed by atoms with Crippen LogP contribution in [-0.4, -0.2) is 19.4 Å². The number of hydrogen-bond donors (Lipinski definition) is 1. The van der Waals surface area contributed by atoms with Gasteiger partial charge in [0.1, 0.15) is 0 Å². The van der Waals surface area contributed by atoms with Crippen molar-refractivity contribution in [2.45, 2.75) is 18.8 Å². The Labute approximate surface area is 119 Å². The highest BCUT2D eigenvalue weighted by atomic mass is 16.1. The van der Waals surface area contributed by atoms with Gasteiger partial charge in [-0.2, -0.15) is 0 Å². The summed E-state index contributed by atoms with van der Waals surface area (Å²) in [6.45, 7) is 0.685. The molecule has 102 valence electrons. The van der Waals surface area contributed by atoms with Crippen molar-refractivity contribution in [3.8, 4) is 0 Å².